The van der Waals surface area contributed by atoms with E-state index in [9.17, 15) is 9.59 Å². The van der Waals surface area contributed by atoms with Crippen molar-refractivity contribution in [2.24, 2.45) is 17.8 Å². The summed E-state index contributed by atoms with van der Waals surface area (Å²) in [4.78, 5) is 22.4. The third-order valence-corrected chi connectivity index (χ3v) is 7.29. The molecule has 0 N–H and O–H groups in total. The molecule has 0 bridgehead atoms. The smallest absolute Gasteiger partial charge is 1.00 e. The number of hydrogen-bond acceptors (Lipinski definition) is 3. The standard InChI is InChI=1S/C11H18O3.C7H13Br.C7H13.BrH.Mg/c1-2-14-11(13)10(12)8-9-6-4-3-5-7-9;8-6-7-4-2-1-3-5-7;1-7-5-3-2-4-6-7;;/h9H,2-8H2,1H3;7H,1-6H2;7H,1-6H2;1H;/q;;-1;;+2/p-1. The second-order valence-corrected chi connectivity index (χ2v) is 9.66. The average molecular weight is 577 g/mol. The van der Waals surface area contributed by atoms with Crippen LogP contribution in [0.25, 0.3) is 0 Å². The molecule has 3 rings (SSSR count). The van der Waals surface area contributed by atoms with Crippen LogP contribution in [-0.4, -0.2) is 46.7 Å². The normalized spacial score (nSPS) is 19.8. The van der Waals surface area contributed by atoms with Crippen LogP contribution in [0.5, 0.6) is 0 Å². The number of ether oxygens (including phenoxy) is 1. The average Bonchev–Trinajstić information content (AvgIpc) is 2.76. The topological polar surface area (TPSA) is 43.4 Å². The van der Waals surface area contributed by atoms with Crippen LogP contribution in [0.1, 0.15) is 110 Å². The van der Waals surface area contributed by atoms with Gasteiger partial charge in [-0.25, -0.2) is 4.79 Å². The summed E-state index contributed by atoms with van der Waals surface area (Å²) in [7, 11) is 0. The zero-order valence-electron chi connectivity index (χ0n) is 19.9. The van der Waals surface area contributed by atoms with Crippen molar-refractivity contribution in [3.8, 4) is 0 Å². The van der Waals surface area contributed by atoms with Gasteiger partial charge in [0.15, 0.2) is 0 Å². The van der Waals surface area contributed by atoms with Gasteiger partial charge in [0.2, 0.25) is 5.78 Å². The van der Waals surface area contributed by atoms with Crippen LogP contribution in [0.3, 0.4) is 0 Å². The SMILES string of the molecule is BrCC1CCCCC1.CCOC(=O)C(=O)CC1CCCCC1.[Br-].[CH2-]C1CCCCC1.[Mg+2]. The summed E-state index contributed by atoms with van der Waals surface area (Å²) in [6, 6.07) is 0. The van der Waals surface area contributed by atoms with Crippen molar-refractivity contribution in [3.05, 3.63) is 6.92 Å². The molecule has 31 heavy (non-hydrogen) atoms. The van der Waals surface area contributed by atoms with Crippen LogP contribution in [0.4, 0.5) is 0 Å². The predicted molar refractivity (Wildman–Crippen MR) is 131 cm³/mol. The summed E-state index contributed by atoms with van der Waals surface area (Å²) in [6.45, 7) is 6.00. The Hall–Kier alpha value is 0.866. The molecule has 6 heteroatoms. The number of ketones is 1. The number of carbonyl (C=O) groups is 2. The molecule has 0 aromatic rings. The minimum atomic E-state index is -0.655. The first-order chi connectivity index (χ1) is 14.1. The van der Waals surface area contributed by atoms with Gasteiger partial charge >= 0.3 is 29.0 Å². The number of carbonyl (C=O) groups excluding carboxylic acids is 2. The van der Waals surface area contributed by atoms with Gasteiger partial charge in [-0.1, -0.05) is 99.4 Å². The van der Waals surface area contributed by atoms with Gasteiger partial charge in [-0.15, -0.1) is 0 Å². The molecular weight excluding hydrogens is 532 g/mol. The Morgan fingerprint density at radius 1 is 0.806 bits per heavy atom. The predicted octanol–water partition coefficient (Wildman–Crippen LogP) is 4.07. The molecule has 0 atom stereocenters. The first-order valence-corrected chi connectivity index (χ1v) is 13.3. The number of halogens is 2. The van der Waals surface area contributed by atoms with Gasteiger partial charge in [-0.2, -0.15) is 5.92 Å². The molecule has 3 saturated carbocycles. The molecule has 0 heterocycles. The second-order valence-electron chi connectivity index (χ2n) is 9.01. The maximum absolute atomic E-state index is 11.3. The summed E-state index contributed by atoms with van der Waals surface area (Å²) in [6.07, 6.45) is 20.6. The Balaban J connectivity index is 0. The summed E-state index contributed by atoms with van der Waals surface area (Å²) in [5.41, 5.74) is 0. The molecule has 0 aromatic carbocycles. The number of alkyl halides is 1. The van der Waals surface area contributed by atoms with Gasteiger partial charge in [-0.05, 0) is 31.6 Å². The Bertz CT molecular complexity index is 430. The third-order valence-electron chi connectivity index (χ3n) is 6.37. The van der Waals surface area contributed by atoms with Crippen LogP contribution in [0.15, 0.2) is 0 Å². The maximum atomic E-state index is 11.3. The Labute approximate surface area is 227 Å². The van der Waals surface area contributed by atoms with E-state index in [-0.39, 0.29) is 52.4 Å². The van der Waals surface area contributed by atoms with Crippen molar-refractivity contribution >= 4 is 50.7 Å². The summed E-state index contributed by atoms with van der Waals surface area (Å²) < 4.78 is 4.66. The molecular formula is C25H44Br2MgO3. The van der Waals surface area contributed by atoms with Crippen molar-refractivity contribution in [2.45, 2.75) is 110 Å². The van der Waals surface area contributed by atoms with Crippen LogP contribution in [0.2, 0.25) is 0 Å². The van der Waals surface area contributed by atoms with E-state index in [4.69, 9.17) is 0 Å². The molecule has 178 valence electrons. The zero-order valence-corrected chi connectivity index (χ0v) is 24.4. The van der Waals surface area contributed by atoms with Crippen molar-refractivity contribution < 1.29 is 31.3 Å². The van der Waals surface area contributed by atoms with E-state index in [0.717, 1.165) is 24.7 Å². The molecule has 0 amide bonds. The van der Waals surface area contributed by atoms with E-state index in [1.807, 2.05) is 0 Å². The van der Waals surface area contributed by atoms with Gasteiger partial charge < -0.3 is 28.6 Å². The zero-order chi connectivity index (χ0) is 21.3. The van der Waals surface area contributed by atoms with E-state index >= 15 is 0 Å². The van der Waals surface area contributed by atoms with Crippen molar-refractivity contribution in [1.82, 2.24) is 0 Å². The quantitative estimate of drug-likeness (QED) is 0.163. The fraction of sp³-hybridized carbons (Fsp3) is 0.880. The molecule has 0 radical (unpaired) electrons. The van der Waals surface area contributed by atoms with Crippen LogP contribution >= 0.6 is 15.9 Å². The fourth-order valence-corrected chi connectivity index (χ4v) is 5.12. The summed E-state index contributed by atoms with van der Waals surface area (Å²) in [5, 5.41) is 1.23. The van der Waals surface area contributed by atoms with Crippen LogP contribution < -0.4 is 17.0 Å². The number of Topliss-reactive ketones (excluding diaryl/α,β-unsaturated/α-hetero) is 1. The number of rotatable bonds is 5. The molecule has 3 fully saturated rings. The maximum Gasteiger partial charge on any atom is 2.00 e. The summed E-state index contributed by atoms with van der Waals surface area (Å²) >= 11 is 3.51. The minimum Gasteiger partial charge on any atom is -1.00 e. The number of esters is 1. The number of hydrogen-bond donors (Lipinski definition) is 0. The van der Waals surface area contributed by atoms with Gasteiger partial charge in [0.25, 0.3) is 0 Å². The van der Waals surface area contributed by atoms with E-state index in [2.05, 4.69) is 27.6 Å². The molecule has 3 aliphatic rings. The Kier molecular flexibility index (Phi) is 24.9. The van der Waals surface area contributed by atoms with Gasteiger partial charge in [0.05, 0.1) is 6.61 Å². The van der Waals surface area contributed by atoms with E-state index in [1.165, 1.54) is 88.8 Å². The molecule has 0 spiro atoms. The largest absolute Gasteiger partial charge is 2.00 e. The Morgan fingerprint density at radius 3 is 1.55 bits per heavy atom. The molecule has 0 aromatic heterocycles. The molecule has 0 saturated heterocycles. The van der Waals surface area contributed by atoms with Crippen molar-refractivity contribution in [2.75, 3.05) is 11.9 Å². The molecule has 3 aliphatic carbocycles. The first-order valence-electron chi connectivity index (χ1n) is 12.2. The van der Waals surface area contributed by atoms with Crippen LogP contribution in [0, 0.1) is 24.7 Å². The first kappa shape index (κ1) is 34.0. The summed E-state index contributed by atoms with van der Waals surface area (Å²) in [5.74, 6) is 1.20. The monoisotopic (exact) mass is 574 g/mol. The van der Waals surface area contributed by atoms with Gasteiger partial charge in [-0.3, -0.25) is 4.79 Å². The van der Waals surface area contributed by atoms with E-state index in [0.29, 0.717) is 12.3 Å². The molecule has 0 aliphatic heterocycles. The molecule has 0 unspecified atom stereocenters. The van der Waals surface area contributed by atoms with Crippen LogP contribution in [-0.2, 0) is 14.3 Å². The second kappa shape index (κ2) is 22.6. The van der Waals surface area contributed by atoms with Crippen molar-refractivity contribution in [3.63, 3.8) is 0 Å². The molecule has 3 nitrogen and oxygen atoms in total. The van der Waals surface area contributed by atoms with Gasteiger partial charge in [0, 0.05) is 11.8 Å². The van der Waals surface area contributed by atoms with Crippen molar-refractivity contribution in [1.29, 1.82) is 0 Å². The fourth-order valence-electron chi connectivity index (χ4n) is 4.48. The Morgan fingerprint density at radius 2 is 1.23 bits per heavy atom. The third kappa shape index (κ3) is 17.9. The van der Waals surface area contributed by atoms with E-state index < -0.39 is 5.97 Å². The van der Waals surface area contributed by atoms with E-state index in [1.54, 1.807) is 6.92 Å². The minimum absolute atomic E-state index is 0. The van der Waals surface area contributed by atoms with Gasteiger partial charge in [0.1, 0.15) is 0 Å².